The van der Waals surface area contributed by atoms with Gasteiger partial charge >= 0.3 is 11.8 Å². The highest BCUT2D eigenvalue weighted by molar-refractivity contribution is 6.35. The van der Waals surface area contributed by atoms with Crippen LogP contribution in [0, 0.1) is 0 Å². The summed E-state index contributed by atoms with van der Waals surface area (Å²) in [6, 6.07) is 11.9. The summed E-state index contributed by atoms with van der Waals surface area (Å²) >= 11 is 0. The molecule has 2 fully saturated rings. The predicted octanol–water partition coefficient (Wildman–Crippen LogP) is 0.518. The molecule has 36 heavy (non-hydrogen) atoms. The number of carbonyl (C=O) groups excluding carboxylic acids is 2. The van der Waals surface area contributed by atoms with E-state index in [0.717, 1.165) is 56.3 Å². The number of nitrogens with zero attached hydrogens (tertiary/aromatic N) is 4. The first-order chi connectivity index (χ1) is 17.7. The van der Waals surface area contributed by atoms with E-state index in [2.05, 4.69) is 36.4 Å². The summed E-state index contributed by atoms with van der Waals surface area (Å²) in [5.74, 6) is -0.352. The Hall–Kier alpha value is -3.21. The van der Waals surface area contributed by atoms with Crippen molar-refractivity contribution in [3.05, 3.63) is 54.4 Å². The van der Waals surface area contributed by atoms with Gasteiger partial charge in [-0.25, -0.2) is 0 Å². The Morgan fingerprint density at radius 1 is 1.00 bits per heavy atom. The first-order valence-corrected chi connectivity index (χ1v) is 12.5. The predicted molar refractivity (Wildman–Crippen MR) is 137 cm³/mol. The number of hydrogen-bond acceptors (Lipinski definition) is 8. The molecule has 0 saturated carbocycles. The zero-order valence-corrected chi connectivity index (χ0v) is 20.9. The minimum atomic E-state index is -0.612. The van der Waals surface area contributed by atoms with E-state index < -0.39 is 11.8 Å². The molecule has 2 aromatic rings. The second kappa shape index (κ2) is 13.2. The number of piperazine rings is 1. The van der Waals surface area contributed by atoms with Gasteiger partial charge in [0, 0.05) is 71.3 Å². The third kappa shape index (κ3) is 6.93. The summed E-state index contributed by atoms with van der Waals surface area (Å²) in [5.41, 5.74) is 2.09. The maximum atomic E-state index is 12.5. The molecule has 1 aromatic heterocycles. The van der Waals surface area contributed by atoms with Crippen LogP contribution in [0.5, 0.6) is 5.75 Å². The van der Waals surface area contributed by atoms with Crippen molar-refractivity contribution in [1.82, 2.24) is 25.4 Å². The molecule has 0 unspecified atom stereocenters. The van der Waals surface area contributed by atoms with Gasteiger partial charge in [0.2, 0.25) is 0 Å². The molecule has 2 aliphatic heterocycles. The van der Waals surface area contributed by atoms with Crippen LogP contribution in [0.4, 0.5) is 5.69 Å². The van der Waals surface area contributed by atoms with Gasteiger partial charge in [-0.15, -0.1) is 0 Å². The Kier molecular flexibility index (Phi) is 9.48. The highest BCUT2D eigenvalue weighted by atomic mass is 16.5. The molecule has 194 valence electrons. The normalized spacial score (nSPS) is 17.9. The first kappa shape index (κ1) is 25.9. The number of ether oxygens (including phenoxy) is 2. The lowest BCUT2D eigenvalue weighted by Crippen LogP contribution is -2.51. The van der Waals surface area contributed by atoms with Gasteiger partial charge < -0.3 is 25.0 Å². The van der Waals surface area contributed by atoms with Crippen molar-refractivity contribution >= 4 is 17.5 Å². The number of para-hydroxylation sites is 2. The molecule has 2 aliphatic rings. The number of aromatic nitrogens is 1. The third-order valence-electron chi connectivity index (χ3n) is 6.73. The number of rotatable bonds is 9. The summed E-state index contributed by atoms with van der Waals surface area (Å²) in [6.07, 6.45) is 3.56. The fourth-order valence-corrected chi connectivity index (χ4v) is 4.70. The lowest BCUT2D eigenvalue weighted by atomic mass is 10.1. The molecule has 4 rings (SSSR count). The van der Waals surface area contributed by atoms with Crippen LogP contribution in [0.1, 0.15) is 11.6 Å². The van der Waals surface area contributed by atoms with Crippen LogP contribution in [0.2, 0.25) is 0 Å². The Morgan fingerprint density at radius 2 is 1.75 bits per heavy atom. The number of benzene rings is 1. The number of methoxy groups -OCH3 is 1. The van der Waals surface area contributed by atoms with Gasteiger partial charge in [0.15, 0.2) is 0 Å². The standard InChI is InChI=1S/C26H36N6O4/c1-35-24-7-3-2-6-22(24)31-11-13-32(14-12-31)23(21-5-4-8-27-19-21)20-29-26(34)25(33)28-9-10-30-15-17-36-18-16-30/h2-8,19,23H,9-18,20H2,1H3,(H,28,33)(H,29,34)/t23-/m1/s1. The summed E-state index contributed by atoms with van der Waals surface area (Å²) < 4.78 is 10.9. The average molecular weight is 497 g/mol. The summed E-state index contributed by atoms with van der Waals surface area (Å²) in [4.78, 5) is 36.0. The van der Waals surface area contributed by atoms with Crippen molar-refractivity contribution in [1.29, 1.82) is 0 Å². The van der Waals surface area contributed by atoms with Crippen molar-refractivity contribution in [2.24, 2.45) is 0 Å². The van der Waals surface area contributed by atoms with Crippen molar-refractivity contribution in [2.45, 2.75) is 6.04 Å². The lowest BCUT2D eigenvalue weighted by Gasteiger charge is -2.40. The SMILES string of the molecule is COc1ccccc1N1CCN([C@H](CNC(=O)C(=O)NCCN2CCOCC2)c2cccnc2)CC1. The highest BCUT2D eigenvalue weighted by Crippen LogP contribution is 2.30. The molecule has 10 nitrogen and oxygen atoms in total. The number of pyridine rings is 1. The van der Waals surface area contributed by atoms with Gasteiger partial charge in [0.1, 0.15) is 5.75 Å². The maximum absolute atomic E-state index is 12.5. The van der Waals surface area contributed by atoms with Crippen LogP contribution in [-0.2, 0) is 14.3 Å². The average Bonchev–Trinajstić information content (AvgIpc) is 2.94. The monoisotopic (exact) mass is 496 g/mol. The van der Waals surface area contributed by atoms with Gasteiger partial charge in [-0.3, -0.25) is 24.4 Å². The number of morpholine rings is 1. The van der Waals surface area contributed by atoms with E-state index in [1.54, 1.807) is 13.3 Å². The molecule has 10 heteroatoms. The summed E-state index contributed by atoms with van der Waals surface area (Å²) in [7, 11) is 1.69. The third-order valence-corrected chi connectivity index (χ3v) is 6.73. The second-order valence-electron chi connectivity index (χ2n) is 8.92. The lowest BCUT2D eigenvalue weighted by molar-refractivity contribution is -0.139. The van der Waals surface area contributed by atoms with E-state index in [9.17, 15) is 9.59 Å². The molecule has 1 aromatic carbocycles. The molecule has 3 heterocycles. The van der Waals surface area contributed by atoms with Crippen molar-refractivity contribution in [2.75, 3.05) is 84.1 Å². The van der Waals surface area contributed by atoms with Gasteiger partial charge in [0.05, 0.1) is 32.1 Å². The molecule has 2 amide bonds. The number of carbonyl (C=O) groups is 2. The molecular formula is C26H36N6O4. The zero-order valence-electron chi connectivity index (χ0n) is 20.9. The van der Waals surface area contributed by atoms with E-state index in [4.69, 9.17) is 9.47 Å². The van der Waals surface area contributed by atoms with Crippen molar-refractivity contribution < 1.29 is 19.1 Å². The fraction of sp³-hybridized carbons (Fsp3) is 0.500. The minimum Gasteiger partial charge on any atom is -0.495 e. The molecule has 1 atom stereocenters. The van der Waals surface area contributed by atoms with Crippen LogP contribution >= 0.6 is 0 Å². The van der Waals surface area contributed by atoms with E-state index in [-0.39, 0.29) is 6.04 Å². The van der Waals surface area contributed by atoms with E-state index in [1.807, 2.05) is 36.5 Å². The molecule has 0 radical (unpaired) electrons. The number of anilines is 1. The molecule has 2 saturated heterocycles. The molecular weight excluding hydrogens is 460 g/mol. The van der Waals surface area contributed by atoms with Crippen molar-refractivity contribution in [3.8, 4) is 5.75 Å². The molecule has 0 aliphatic carbocycles. The maximum Gasteiger partial charge on any atom is 0.309 e. The zero-order chi connectivity index (χ0) is 25.2. The van der Waals surface area contributed by atoms with Crippen LogP contribution in [-0.4, -0.2) is 106 Å². The van der Waals surface area contributed by atoms with Gasteiger partial charge in [0.25, 0.3) is 0 Å². The quantitative estimate of drug-likeness (QED) is 0.485. The Labute approximate surface area is 212 Å². The van der Waals surface area contributed by atoms with Gasteiger partial charge in [-0.2, -0.15) is 0 Å². The fourth-order valence-electron chi connectivity index (χ4n) is 4.70. The minimum absolute atomic E-state index is 0.0800. The topological polar surface area (TPSA) is 99.3 Å². The Morgan fingerprint density at radius 3 is 2.47 bits per heavy atom. The van der Waals surface area contributed by atoms with Gasteiger partial charge in [-0.05, 0) is 23.8 Å². The van der Waals surface area contributed by atoms with Crippen LogP contribution in [0.25, 0.3) is 0 Å². The Balaban J connectivity index is 1.31. The van der Waals surface area contributed by atoms with E-state index in [0.29, 0.717) is 32.8 Å². The first-order valence-electron chi connectivity index (χ1n) is 12.5. The largest absolute Gasteiger partial charge is 0.495 e. The van der Waals surface area contributed by atoms with Crippen LogP contribution in [0.3, 0.4) is 0 Å². The number of nitrogens with one attached hydrogen (secondary N) is 2. The van der Waals surface area contributed by atoms with Crippen LogP contribution in [0.15, 0.2) is 48.8 Å². The van der Waals surface area contributed by atoms with E-state index in [1.165, 1.54) is 0 Å². The number of hydrogen-bond donors (Lipinski definition) is 2. The van der Waals surface area contributed by atoms with Gasteiger partial charge in [-0.1, -0.05) is 18.2 Å². The summed E-state index contributed by atoms with van der Waals surface area (Å²) in [5, 5.41) is 5.57. The molecule has 0 spiro atoms. The summed E-state index contributed by atoms with van der Waals surface area (Å²) in [6.45, 7) is 7.84. The molecule has 0 bridgehead atoms. The number of amides is 2. The van der Waals surface area contributed by atoms with Crippen LogP contribution < -0.4 is 20.3 Å². The highest BCUT2D eigenvalue weighted by Gasteiger charge is 2.27. The van der Waals surface area contributed by atoms with Crippen molar-refractivity contribution in [3.63, 3.8) is 0 Å². The molecule has 2 N–H and O–H groups in total. The smallest absolute Gasteiger partial charge is 0.309 e. The van der Waals surface area contributed by atoms with E-state index >= 15 is 0 Å². The Bertz CT molecular complexity index is 977. The second-order valence-corrected chi connectivity index (χ2v) is 8.92.